The van der Waals surface area contributed by atoms with Crippen LogP contribution in [0.1, 0.15) is 150 Å². The van der Waals surface area contributed by atoms with Crippen molar-refractivity contribution in [3.05, 3.63) is 11.1 Å². The van der Waals surface area contributed by atoms with Gasteiger partial charge >= 0.3 is 0 Å². The second kappa shape index (κ2) is 23.0. The Hall–Kier alpha value is 0.285. The molecular formula is C27H54BBr. The van der Waals surface area contributed by atoms with Crippen LogP contribution in [0.2, 0.25) is 12.6 Å². The molecule has 0 aromatic heterocycles. The SMILES string of the molecule is CCCCCCB(Br)CC(CCCCCC)=C(CCCCCC)CCCCCC. The molecule has 29 heavy (non-hydrogen) atoms. The summed E-state index contributed by atoms with van der Waals surface area (Å²) in [6, 6.07) is 0. The quantitative estimate of drug-likeness (QED) is 0.0840. The fourth-order valence-corrected chi connectivity index (χ4v) is 5.07. The van der Waals surface area contributed by atoms with Gasteiger partial charge in [-0.15, -0.1) is 0 Å². The molecule has 0 saturated carbocycles. The van der Waals surface area contributed by atoms with Crippen LogP contribution in [0.3, 0.4) is 0 Å². The molecule has 2 heteroatoms. The van der Waals surface area contributed by atoms with Crippen LogP contribution in [0.25, 0.3) is 0 Å². The highest BCUT2D eigenvalue weighted by Gasteiger charge is 2.15. The lowest BCUT2D eigenvalue weighted by molar-refractivity contribution is 0.610. The maximum Gasteiger partial charge on any atom is 0.226 e. The number of allylic oxidation sites excluding steroid dienone is 2. The normalized spacial score (nSPS) is 11.1. The third-order valence-corrected chi connectivity index (χ3v) is 7.12. The van der Waals surface area contributed by atoms with Crippen LogP contribution in [0.15, 0.2) is 11.1 Å². The van der Waals surface area contributed by atoms with E-state index in [1.807, 2.05) is 11.1 Å². The molecule has 0 aromatic rings. The van der Waals surface area contributed by atoms with Gasteiger partial charge in [-0.05, 0) is 44.8 Å². The Labute approximate surface area is 194 Å². The molecule has 0 radical (unpaired) electrons. The highest BCUT2D eigenvalue weighted by molar-refractivity contribution is 9.24. The van der Waals surface area contributed by atoms with Crippen molar-refractivity contribution in [3.63, 3.8) is 0 Å². The van der Waals surface area contributed by atoms with Crippen LogP contribution in [0, 0.1) is 0 Å². The van der Waals surface area contributed by atoms with Crippen LogP contribution in [-0.2, 0) is 0 Å². The van der Waals surface area contributed by atoms with Gasteiger partial charge in [0.2, 0.25) is 5.54 Å². The van der Waals surface area contributed by atoms with E-state index >= 15 is 0 Å². The van der Waals surface area contributed by atoms with Gasteiger partial charge in [-0.25, -0.2) is 0 Å². The van der Waals surface area contributed by atoms with Crippen LogP contribution in [0.4, 0.5) is 0 Å². The summed E-state index contributed by atoms with van der Waals surface area (Å²) in [5, 5.41) is 0. The lowest BCUT2D eigenvalue weighted by Crippen LogP contribution is -2.07. The minimum atomic E-state index is 0.696. The lowest BCUT2D eigenvalue weighted by atomic mass is 9.65. The standard InChI is InChI=1S/C27H54BBr/c1-5-9-13-17-21-26(22-18-14-10-6-2)27(23-19-15-11-7-3)25-28(29)24-20-16-12-8-4/h5-25H2,1-4H3. The van der Waals surface area contributed by atoms with Gasteiger partial charge in [0, 0.05) is 0 Å². The number of hydrogen-bond acceptors (Lipinski definition) is 0. The molecule has 0 aliphatic rings. The first-order chi connectivity index (χ1) is 14.2. The van der Waals surface area contributed by atoms with Crippen LogP contribution >= 0.6 is 15.8 Å². The van der Waals surface area contributed by atoms with Gasteiger partial charge in [0.15, 0.2) is 0 Å². The smallest absolute Gasteiger partial charge is 0.156 e. The van der Waals surface area contributed by atoms with Crippen molar-refractivity contribution in [2.24, 2.45) is 0 Å². The van der Waals surface area contributed by atoms with Crippen molar-refractivity contribution in [3.8, 4) is 0 Å². The highest BCUT2D eigenvalue weighted by Crippen LogP contribution is 2.30. The fraction of sp³-hybridized carbons (Fsp3) is 0.926. The molecule has 0 aliphatic carbocycles. The summed E-state index contributed by atoms with van der Waals surface area (Å²) in [5.41, 5.74) is 4.42. The molecule has 0 bridgehead atoms. The van der Waals surface area contributed by atoms with E-state index < -0.39 is 0 Å². The zero-order valence-electron chi connectivity index (χ0n) is 20.8. The first-order valence-corrected chi connectivity index (χ1v) is 14.4. The van der Waals surface area contributed by atoms with E-state index in [4.69, 9.17) is 0 Å². The molecule has 172 valence electrons. The Morgan fingerprint density at radius 3 is 1.28 bits per heavy atom. The van der Waals surface area contributed by atoms with Crippen molar-refractivity contribution < 1.29 is 0 Å². The molecule has 0 heterocycles. The van der Waals surface area contributed by atoms with Gasteiger partial charge in [-0.2, -0.15) is 15.8 Å². The molecule has 0 fully saturated rings. The van der Waals surface area contributed by atoms with E-state index in [1.54, 1.807) is 0 Å². The van der Waals surface area contributed by atoms with Crippen LogP contribution < -0.4 is 0 Å². The summed E-state index contributed by atoms with van der Waals surface area (Å²) >= 11 is 4.07. The molecule has 0 atom stereocenters. The first kappa shape index (κ1) is 29.3. The minimum Gasteiger partial charge on any atom is -0.156 e. The average molecular weight is 469 g/mol. The predicted octanol–water partition coefficient (Wildman–Crippen LogP) is 11.2. The van der Waals surface area contributed by atoms with E-state index in [2.05, 4.69) is 43.5 Å². The monoisotopic (exact) mass is 468 g/mol. The van der Waals surface area contributed by atoms with Crippen molar-refractivity contribution in [1.82, 2.24) is 0 Å². The number of rotatable bonds is 22. The lowest BCUT2D eigenvalue weighted by Gasteiger charge is -2.18. The zero-order chi connectivity index (χ0) is 21.6. The molecule has 0 aliphatic heterocycles. The van der Waals surface area contributed by atoms with Gasteiger partial charge < -0.3 is 0 Å². The number of unbranched alkanes of at least 4 members (excludes halogenated alkanes) is 12. The Morgan fingerprint density at radius 2 is 0.862 bits per heavy atom. The summed E-state index contributed by atoms with van der Waals surface area (Å²) in [5.74, 6) is 0. The topological polar surface area (TPSA) is 0 Å². The average Bonchev–Trinajstić information content (AvgIpc) is 2.72. The predicted molar refractivity (Wildman–Crippen MR) is 142 cm³/mol. The van der Waals surface area contributed by atoms with E-state index in [0.717, 1.165) is 0 Å². The van der Waals surface area contributed by atoms with E-state index in [-0.39, 0.29) is 0 Å². The summed E-state index contributed by atoms with van der Waals surface area (Å²) < 4.78 is 0. The molecule has 0 N–H and O–H groups in total. The summed E-state index contributed by atoms with van der Waals surface area (Å²) in [6.45, 7) is 9.30. The Balaban J connectivity index is 4.96. The Morgan fingerprint density at radius 1 is 0.483 bits per heavy atom. The molecule has 0 nitrogen and oxygen atoms in total. The third kappa shape index (κ3) is 18.7. The van der Waals surface area contributed by atoms with Crippen LogP contribution in [-0.4, -0.2) is 5.54 Å². The molecular weight excluding hydrogens is 415 g/mol. The molecule has 0 amide bonds. The maximum absolute atomic E-state index is 4.07. The van der Waals surface area contributed by atoms with Crippen molar-refractivity contribution >= 4 is 21.3 Å². The van der Waals surface area contributed by atoms with Crippen molar-refractivity contribution in [1.29, 1.82) is 0 Å². The third-order valence-electron chi connectivity index (χ3n) is 6.34. The Bertz CT molecular complexity index is 350. The van der Waals surface area contributed by atoms with Gasteiger partial charge in [-0.1, -0.05) is 129 Å². The summed E-state index contributed by atoms with van der Waals surface area (Å²) in [6.07, 6.45) is 29.1. The van der Waals surface area contributed by atoms with Crippen molar-refractivity contribution in [2.45, 2.75) is 162 Å². The number of hydrogen-bond donors (Lipinski definition) is 0. The second-order valence-electron chi connectivity index (χ2n) is 9.29. The van der Waals surface area contributed by atoms with Crippen LogP contribution in [0.5, 0.6) is 0 Å². The Kier molecular flexibility index (Phi) is 23.2. The molecule has 0 saturated heterocycles. The van der Waals surface area contributed by atoms with E-state index in [0.29, 0.717) is 5.54 Å². The summed E-state index contributed by atoms with van der Waals surface area (Å²) in [7, 11) is 0. The van der Waals surface area contributed by atoms with Gasteiger partial charge in [-0.3, -0.25) is 0 Å². The van der Waals surface area contributed by atoms with Gasteiger partial charge in [0.1, 0.15) is 0 Å². The molecule has 0 rings (SSSR count). The van der Waals surface area contributed by atoms with Crippen molar-refractivity contribution in [2.75, 3.05) is 0 Å². The van der Waals surface area contributed by atoms with Gasteiger partial charge in [0.05, 0.1) is 0 Å². The van der Waals surface area contributed by atoms with E-state index in [9.17, 15) is 0 Å². The molecule has 0 aromatic carbocycles. The van der Waals surface area contributed by atoms with E-state index in [1.165, 1.54) is 135 Å². The fourth-order valence-electron chi connectivity index (χ4n) is 4.36. The minimum absolute atomic E-state index is 0.696. The zero-order valence-corrected chi connectivity index (χ0v) is 22.4. The molecule has 0 unspecified atom stereocenters. The largest absolute Gasteiger partial charge is 0.226 e. The number of halogens is 1. The molecule has 0 spiro atoms. The highest BCUT2D eigenvalue weighted by atomic mass is 79.9. The van der Waals surface area contributed by atoms with Gasteiger partial charge in [0.25, 0.3) is 0 Å². The first-order valence-electron chi connectivity index (χ1n) is 13.5. The summed E-state index contributed by atoms with van der Waals surface area (Å²) in [4.78, 5) is 0. The maximum atomic E-state index is 4.07. The second-order valence-corrected chi connectivity index (χ2v) is 10.6.